The third-order valence-corrected chi connectivity index (χ3v) is 8.83. The molecule has 1 aliphatic carbocycles. The minimum Gasteiger partial charge on any atom is -0.465 e. The van der Waals surface area contributed by atoms with Crippen molar-refractivity contribution in [2.45, 2.75) is 122 Å². The van der Waals surface area contributed by atoms with Crippen LogP contribution in [0.25, 0.3) is 10.4 Å². The number of methoxy groups -OCH3 is 1. The second-order valence-corrected chi connectivity index (χ2v) is 13.2. The van der Waals surface area contributed by atoms with Gasteiger partial charge in [0.25, 0.3) is 11.7 Å². The molecular weight excluding hydrogens is 728 g/mol. The van der Waals surface area contributed by atoms with Crippen LogP contribution in [0.3, 0.4) is 0 Å². The Balaban J connectivity index is 2.06. The quantitative estimate of drug-likeness (QED) is 0.0568. The van der Waals surface area contributed by atoms with Gasteiger partial charge in [-0.3, -0.25) is 28.8 Å². The van der Waals surface area contributed by atoms with E-state index in [-0.39, 0.29) is 11.3 Å². The zero-order valence-electron chi connectivity index (χ0n) is 31.8. The molecule has 20 nitrogen and oxygen atoms in total. The van der Waals surface area contributed by atoms with Crippen LogP contribution >= 0.6 is 0 Å². The lowest BCUT2D eigenvalue weighted by molar-refractivity contribution is -0.326. The molecule has 0 unspecified atom stereocenters. The lowest BCUT2D eigenvalue weighted by Crippen LogP contribution is -2.69. The molecule has 0 spiro atoms. The number of carbonyl (C=O) groups is 7. The Bertz CT molecular complexity index is 1660. The molecule has 302 valence electrons. The summed E-state index contributed by atoms with van der Waals surface area (Å²) >= 11 is 0. The maximum atomic E-state index is 13.7. The number of nitrogens with one attached hydrogen (secondary N) is 2. The third-order valence-electron chi connectivity index (χ3n) is 8.83. The second kappa shape index (κ2) is 19.9. The van der Waals surface area contributed by atoms with Crippen molar-refractivity contribution >= 4 is 41.7 Å². The van der Waals surface area contributed by atoms with Crippen LogP contribution in [-0.2, 0) is 57.2 Å². The number of rotatable bonds is 15. The molecule has 4 N–H and O–H groups in total. The topological polar surface area (TPSA) is 283 Å². The summed E-state index contributed by atoms with van der Waals surface area (Å²) < 4.78 is 39.8. The van der Waals surface area contributed by atoms with Gasteiger partial charge < -0.3 is 49.5 Å². The molecule has 1 aliphatic heterocycles. The Morgan fingerprint density at radius 1 is 0.964 bits per heavy atom. The molecule has 1 saturated heterocycles. The molecule has 1 aromatic carbocycles. The van der Waals surface area contributed by atoms with Crippen LogP contribution in [0, 0.1) is 13.8 Å². The largest absolute Gasteiger partial charge is 0.465 e. The lowest BCUT2D eigenvalue weighted by Gasteiger charge is -2.49. The Hall–Kier alpha value is -5.30. The molecule has 2 aliphatic rings. The first-order chi connectivity index (χ1) is 25.9. The first kappa shape index (κ1) is 44.1. The van der Waals surface area contributed by atoms with Gasteiger partial charge in [0.1, 0.15) is 24.5 Å². The van der Waals surface area contributed by atoms with Gasteiger partial charge in [-0.1, -0.05) is 18.0 Å². The second-order valence-electron chi connectivity index (χ2n) is 13.2. The molecule has 2 fully saturated rings. The van der Waals surface area contributed by atoms with Gasteiger partial charge in [-0.05, 0) is 55.5 Å². The van der Waals surface area contributed by atoms with Crippen molar-refractivity contribution in [1.82, 2.24) is 10.6 Å². The summed E-state index contributed by atoms with van der Waals surface area (Å²) in [5.41, 5.74) is 16.4. The van der Waals surface area contributed by atoms with E-state index in [0.29, 0.717) is 36.8 Å². The highest BCUT2D eigenvalue weighted by Gasteiger charge is 2.59. The molecular formula is C35H48N6O14. The Labute approximate surface area is 317 Å². The number of ether oxygens (including phenoxy) is 7. The molecule has 20 heteroatoms. The van der Waals surface area contributed by atoms with Crippen molar-refractivity contribution in [1.29, 1.82) is 0 Å². The van der Waals surface area contributed by atoms with Crippen LogP contribution in [0.15, 0.2) is 17.2 Å². The molecule has 1 aromatic rings. The summed E-state index contributed by atoms with van der Waals surface area (Å²) in [4.78, 5) is 91.3. The smallest absolute Gasteiger partial charge is 0.366 e. The predicted molar refractivity (Wildman–Crippen MR) is 188 cm³/mol. The molecule has 55 heavy (non-hydrogen) atoms. The van der Waals surface area contributed by atoms with Crippen molar-refractivity contribution in [3.05, 3.63) is 39.3 Å². The molecule has 0 radical (unpaired) electrons. The zero-order valence-corrected chi connectivity index (χ0v) is 31.8. The minimum atomic E-state index is -2.40. The van der Waals surface area contributed by atoms with Gasteiger partial charge in [-0.15, -0.1) is 0 Å². The number of benzene rings is 1. The van der Waals surface area contributed by atoms with Crippen molar-refractivity contribution in [3.63, 3.8) is 0 Å². The normalized spacial score (nSPS) is 24.4. The molecule has 0 bridgehead atoms. The fourth-order valence-electron chi connectivity index (χ4n) is 6.65. The number of carbonyl (C=O) groups excluding carboxylic acids is 7. The van der Waals surface area contributed by atoms with Crippen molar-refractivity contribution in [3.8, 4) is 5.75 Å². The summed E-state index contributed by atoms with van der Waals surface area (Å²) in [5, 5.41) is 8.66. The monoisotopic (exact) mass is 776 g/mol. The standard InChI is InChI=1S/C35H48N6O14/c1-17-12-23(13-18(2)30(17)52-21(5)44)33(47)38-15-27(51-20(4)43)31(53-22(6)45)32-29(36)26(50-19(3)42)14-35(55-32,34(48)49-7)54-25-11-9-8-10-24(25)40-28(46)16-39-41-37/h12-13,24-27,29,31-32H,8-11,14-16,36H2,1-7H3,(H,38,47)(H,40,46)/t24-,25+,26+,27-,29-,31-,32-,35-/m1/s1. The molecule has 2 amide bonds. The number of esters is 5. The number of azide groups is 1. The van der Waals surface area contributed by atoms with Gasteiger partial charge in [0.05, 0.1) is 38.3 Å². The summed E-state index contributed by atoms with van der Waals surface area (Å²) in [6, 6.07) is 0.918. The van der Waals surface area contributed by atoms with Crippen LogP contribution in [0.5, 0.6) is 5.75 Å². The van der Waals surface area contributed by atoms with Crippen LogP contribution < -0.4 is 21.1 Å². The van der Waals surface area contributed by atoms with Gasteiger partial charge in [0, 0.05) is 38.2 Å². The lowest BCUT2D eigenvalue weighted by atomic mass is 9.87. The fraction of sp³-hybridized carbons (Fsp3) is 0.629. The number of aryl methyl sites for hydroxylation is 2. The van der Waals surface area contributed by atoms with Crippen LogP contribution in [0.2, 0.25) is 0 Å². The third kappa shape index (κ3) is 12.1. The average molecular weight is 777 g/mol. The number of amides is 2. The summed E-state index contributed by atoms with van der Waals surface area (Å²) in [7, 11) is 1.06. The molecule has 0 aromatic heterocycles. The van der Waals surface area contributed by atoms with E-state index in [1.807, 2.05) is 0 Å². The maximum absolute atomic E-state index is 13.7. The van der Waals surface area contributed by atoms with Gasteiger partial charge >= 0.3 is 29.8 Å². The van der Waals surface area contributed by atoms with Crippen molar-refractivity contribution in [2.75, 3.05) is 20.2 Å². The fourth-order valence-corrected chi connectivity index (χ4v) is 6.65. The summed E-state index contributed by atoms with van der Waals surface area (Å²) in [5.74, 6) is -7.54. The minimum absolute atomic E-state index is 0.156. The van der Waals surface area contributed by atoms with Crippen LogP contribution in [0.1, 0.15) is 81.3 Å². The number of nitrogens with zero attached hydrogens (tertiary/aromatic N) is 3. The summed E-state index contributed by atoms with van der Waals surface area (Å²) in [6.07, 6.45) is -5.52. The Morgan fingerprint density at radius 3 is 2.16 bits per heavy atom. The van der Waals surface area contributed by atoms with Crippen LogP contribution in [-0.4, -0.2) is 110 Å². The summed E-state index contributed by atoms with van der Waals surface area (Å²) in [6.45, 7) is 6.80. The van der Waals surface area contributed by atoms with E-state index in [4.69, 9.17) is 44.4 Å². The van der Waals surface area contributed by atoms with Crippen molar-refractivity contribution in [2.24, 2.45) is 10.8 Å². The van der Waals surface area contributed by atoms with E-state index in [1.54, 1.807) is 13.8 Å². The van der Waals surface area contributed by atoms with E-state index in [0.717, 1.165) is 27.9 Å². The molecule has 1 heterocycles. The number of hydrogen-bond donors (Lipinski definition) is 3. The predicted octanol–water partition coefficient (Wildman–Crippen LogP) is 1.49. The van der Waals surface area contributed by atoms with Crippen LogP contribution in [0.4, 0.5) is 0 Å². The highest BCUT2D eigenvalue weighted by Crippen LogP contribution is 2.39. The SMILES string of the molecule is COC(=O)[C@@]1(O[C@H]2CCCC[C@H]2NC(=O)CN=[N+]=[N-])C[C@H](OC(C)=O)[C@@H](N)[C@H]([C@H](OC(C)=O)[C@@H](CNC(=O)c2cc(C)c(OC(C)=O)c(C)c2)OC(C)=O)O1. The van der Waals surface area contributed by atoms with Gasteiger partial charge in [0.2, 0.25) is 5.91 Å². The van der Waals surface area contributed by atoms with E-state index >= 15 is 0 Å². The number of hydrogen-bond acceptors (Lipinski definition) is 16. The van der Waals surface area contributed by atoms with E-state index in [9.17, 15) is 33.6 Å². The van der Waals surface area contributed by atoms with Gasteiger partial charge in [-0.25, -0.2) is 4.79 Å². The Kier molecular flexibility index (Phi) is 15.9. The van der Waals surface area contributed by atoms with E-state index in [1.165, 1.54) is 19.1 Å². The first-order valence-corrected chi connectivity index (χ1v) is 17.5. The highest BCUT2D eigenvalue weighted by molar-refractivity contribution is 5.95. The molecule has 1 saturated carbocycles. The van der Waals surface area contributed by atoms with E-state index in [2.05, 4.69) is 20.7 Å². The van der Waals surface area contributed by atoms with Gasteiger partial charge in [0.15, 0.2) is 12.2 Å². The number of nitrogens with two attached hydrogens (primary N) is 1. The first-order valence-electron chi connectivity index (χ1n) is 17.5. The maximum Gasteiger partial charge on any atom is 0.366 e. The van der Waals surface area contributed by atoms with Gasteiger partial charge in [-0.2, -0.15) is 0 Å². The molecule has 3 rings (SSSR count). The van der Waals surface area contributed by atoms with Crippen molar-refractivity contribution < 1.29 is 66.7 Å². The highest BCUT2D eigenvalue weighted by atomic mass is 16.7. The zero-order chi connectivity index (χ0) is 41.0. The van der Waals surface area contributed by atoms with E-state index < -0.39 is 110 Å². The average Bonchev–Trinajstić information content (AvgIpc) is 3.10. The Morgan fingerprint density at radius 2 is 1.60 bits per heavy atom. The molecule has 8 atom stereocenters.